The number of carbonyl (C=O) groups is 1. The quantitative estimate of drug-likeness (QED) is 0.887. The number of amides is 1. The van der Waals surface area contributed by atoms with Gasteiger partial charge in [0, 0.05) is 30.9 Å². The monoisotopic (exact) mass is 290 g/mol. The molecule has 6 heteroatoms. The van der Waals surface area contributed by atoms with Gasteiger partial charge in [0.2, 0.25) is 0 Å². The average molecular weight is 291 g/mol. The molecule has 1 aliphatic rings. The molecule has 1 aromatic heterocycles. The van der Waals surface area contributed by atoms with E-state index in [9.17, 15) is 4.79 Å². The minimum Gasteiger partial charge on any atom is -0.328 e. The molecule has 1 unspecified atom stereocenters. The van der Waals surface area contributed by atoms with Crippen molar-refractivity contribution < 1.29 is 4.79 Å². The Morgan fingerprint density at radius 1 is 1.35 bits per heavy atom. The SMILES string of the molecule is O=C(c1ccn[nH]1)N1CCNCC1c1ccccc1Cl. The molecule has 1 fully saturated rings. The minimum absolute atomic E-state index is 0.0473. The summed E-state index contributed by atoms with van der Waals surface area (Å²) in [6.45, 7) is 2.12. The Morgan fingerprint density at radius 3 is 2.95 bits per heavy atom. The summed E-state index contributed by atoms with van der Waals surface area (Å²) in [6.07, 6.45) is 1.58. The lowest BCUT2D eigenvalue weighted by Gasteiger charge is -2.36. The van der Waals surface area contributed by atoms with E-state index in [0.717, 1.165) is 12.1 Å². The lowest BCUT2D eigenvalue weighted by Crippen LogP contribution is -2.48. The van der Waals surface area contributed by atoms with Crippen molar-refractivity contribution in [2.75, 3.05) is 19.6 Å². The van der Waals surface area contributed by atoms with Crippen molar-refractivity contribution in [2.24, 2.45) is 0 Å². The molecule has 20 heavy (non-hydrogen) atoms. The number of aromatic nitrogens is 2. The molecule has 5 nitrogen and oxygen atoms in total. The van der Waals surface area contributed by atoms with Crippen LogP contribution in [0.1, 0.15) is 22.1 Å². The molecule has 0 aliphatic carbocycles. The number of carbonyl (C=O) groups excluding carboxylic acids is 1. The smallest absolute Gasteiger partial charge is 0.272 e. The third-order valence-corrected chi connectivity index (χ3v) is 3.84. The highest BCUT2D eigenvalue weighted by Gasteiger charge is 2.30. The molecule has 2 heterocycles. The molecule has 1 saturated heterocycles. The number of H-pyrrole nitrogens is 1. The standard InChI is InChI=1S/C14H15ClN4O/c15-11-4-2-1-3-10(11)13-9-16-7-8-19(13)14(20)12-5-6-17-18-12/h1-6,13,16H,7-9H2,(H,17,18). The van der Waals surface area contributed by atoms with Crippen LogP contribution >= 0.6 is 11.6 Å². The van der Waals surface area contributed by atoms with Gasteiger partial charge in [-0.3, -0.25) is 9.89 Å². The number of hydrogen-bond acceptors (Lipinski definition) is 3. The van der Waals surface area contributed by atoms with Crippen molar-refractivity contribution in [3.05, 3.63) is 52.8 Å². The zero-order valence-electron chi connectivity index (χ0n) is 10.8. The fourth-order valence-corrected chi connectivity index (χ4v) is 2.76. The summed E-state index contributed by atoms with van der Waals surface area (Å²) in [4.78, 5) is 14.4. The van der Waals surface area contributed by atoms with Crippen molar-refractivity contribution in [3.8, 4) is 0 Å². The van der Waals surface area contributed by atoms with E-state index in [-0.39, 0.29) is 11.9 Å². The highest BCUT2D eigenvalue weighted by atomic mass is 35.5. The van der Waals surface area contributed by atoms with Gasteiger partial charge in [-0.2, -0.15) is 5.10 Å². The molecule has 2 N–H and O–H groups in total. The molecule has 1 aromatic carbocycles. The molecular weight excluding hydrogens is 276 g/mol. The second-order valence-corrected chi connectivity index (χ2v) is 5.12. The maximum absolute atomic E-state index is 12.5. The maximum Gasteiger partial charge on any atom is 0.272 e. The van der Waals surface area contributed by atoms with E-state index in [1.165, 1.54) is 0 Å². The number of benzene rings is 1. The lowest BCUT2D eigenvalue weighted by atomic mass is 10.0. The van der Waals surface area contributed by atoms with E-state index in [0.29, 0.717) is 23.8 Å². The Morgan fingerprint density at radius 2 is 2.20 bits per heavy atom. The van der Waals surface area contributed by atoms with Crippen LogP contribution in [0, 0.1) is 0 Å². The van der Waals surface area contributed by atoms with Crippen LogP contribution in [0.25, 0.3) is 0 Å². The Balaban J connectivity index is 1.92. The summed E-state index contributed by atoms with van der Waals surface area (Å²) in [7, 11) is 0. The van der Waals surface area contributed by atoms with Crippen molar-refractivity contribution in [3.63, 3.8) is 0 Å². The lowest BCUT2D eigenvalue weighted by molar-refractivity contribution is 0.0628. The Hall–Kier alpha value is -1.85. The van der Waals surface area contributed by atoms with Gasteiger partial charge in [0.25, 0.3) is 5.91 Å². The first kappa shape index (κ1) is 13.1. The van der Waals surface area contributed by atoms with Crippen LogP contribution in [0.4, 0.5) is 0 Å². The first-order valence-electron chi connectivity index (χ1n) is 6.53. The van der Waals surface area contributed by atoms with Gasteiger partial charge < -0.3 is 10.2 Å². The van der Waals surface area contributed by atoms with Gasteiger partial charge in [0.1, 0.15) is 5.69 Å². The zero-order chi connectivity index (χ0) is 13.9. The Bertz CT molecular complexity index is 599. The molecule has 2 aromatic rings. The number of piperazine rings is 1. The molecule has 1 aliphatic heterocycles. The van der Waals surface area contributed by atoms with Crippen LogP contribution in [-0.2, 0) is 0 Å². The van der Waals surface area contributed by atoms with Crippen LogP contribution in [-0.4, -0.2) is 40.6 Å². The molecule has 0 spiro atoms. The number of nitrogens with zero attached hydrogens (tertiary/aromatic N) is 2. The van der Waals surface area contributed by atoms with E-state index in [4.69, 9.17) is 11.6 Å². The van der Waals surface area contributed by atoms with Gasteiger partial charge in [0.05, 0.1) is 6.04 Å². The topological polar surface area (TPSA) is 61.0 Å². The van der Waals surface area contributed by atoms with Gasteiger partial charge in [-0.15, -0.1) is 0 Å². The largest absolute Gasteiger partial charge is 0.328 e. The number of halogens is 1. The van der Waals surface area contributed by atoms with E-state index < -0.39 is 0 Å². The molecular formula is C14H15ClN4O. The maximum atomic E-state index is 12.5. The Kier molecular flexibility index (Phi) is 3.71. The fraction of sp³-hybridized carbons (Fsp3) is 0.286. The molecule has 1 amide bonds. The van der Waals surface area contributed by atoms with Gasteiger partial charge in [-0.25, -0.2) is 0 Å². The fourth-order valence-electron chi connectivity index (χ4n) is 2.50. The average Bonchev–Trinajstić information content (AvgIpc) is 3.01. The minimum atomic E-state index is -0.0618. The first-order valence-corrected chi connectivity index (χ1v) is 6.90. The molecule has 104 valence electrons. The highest BCUT2D eigenvalue weighted by Crippen LogP contribution is 2.29. The Labute approximate surface area is 121 Å². The molecule has 0 bridgehead atoms. The van der Waals surface area contributed by atoms with Gasteiger partial charge in [-0.05, 0) is 17.7 Å². The van der Waals surface area contributed by atoms with Crippen LogP contribution < -0.4 is 5.32 Å². The van der Waals surface area contributed by atoms with E-state index >= 15 is 0 Å². The summed E-state index contributed by atoms with van der Waals surface area (Å²) < 4.78 is 0. The predicted molar refractivity (Wildman–Crippen MR) is 76.7 cm³/mol. The third kappa shape index (κ3) is 2.42. The van der Waals surface area contributed by atoms with E-state index in [1.54, 1.807) is 12.3 Å². The molecule has 3 rings (SSSR count). The predicted octanol–water partition coefficient (Wildman–Crippen LogP) is 1.85. The number of nitrogens with one attached hydrogen (secondary N) is 2. The van der Waals surface area contributed by atoms with Crippen LogP contribution in [0.3, 0.4) is 0 Å². The van der Waals surface area contributed by atoms with Crippen molar-refractivity contribution in [2.45, 2.75) is 6.04 Å². The number of aromatic amines is 1. The molecule has 1 atom stereocenters. The van der Waals surface area contributed by atoms with E-state index in [1.807, 2.05) is 29.2 Å². The van der Waals surface area contributed by atoms with Gasteiger partial charge >= 0.3 is 0 Å². The first-order chi connectivity index (χ1) is 9.77. The molecule has 0 radical (unpaired) electrons. The van der Waals surface area contributed by atoms with Crippen molar-refractivity contribution >= 4 is 17.5 Å². The highest BCUT2D eigenvalue weighted by molar-refractivity contribution is 6.31. The van der Waals surface area contributed by atoms with Crippen molar-refractivity contribution in [1.29, 1.82) is 0 Å². The number of rotatable bonds is 2. The third-order valence-electron chi connectivity index (χ3n) is 3.50. The number of hydrogen-bond donors (Lipinski definition) is 2. The second-order valence-electron chi connectivity index (χ2n) is 4.71. The van der Waals surface area contributed by atoms with Crippen LogP contribution in [0.5, 0.6) is 0 Å². The zero-order valence-corrected chi connectivity index (χ0v) is 11.6. The summed E-state index contributed by atoms with van der Waals surface area (Å²) >= 11 is 6.27. The summed E-state index contributed by atoms with van der Waals surface area (Å²) in [5, 5.41) is 10.6. The summed E-state index contributed by atoms with van der Waals surface area (Å²) in [5.74, 6) is -0.0473. The molecule has 0 saturated carbocycles. The second kappa shape index (κ2) is 5.64. The van der Waals surface area contributed by atoms with Crippen LogP contribution in [0.15, 0.2) is 36.5 Å². The van der Waals surface area contributed by atoms with Crippen molar-refractivity contribution in [1.82, 2.24) is 20.4 Å². The van der Waals surface area contributed by atoms with E-state index in [2.05, 4.69) is 15.5 Å². The van der Waals surface area contributed by atoms with Gasteiger partial charge in [-0.1, -0.05) is 29.8 Å². The normalized spacial score (nSPS) is 19.1. The summed E-state index contributed by atoms with van der Waals surface area (Å²) in [5.41, 5.74) is 1.47. The van der Waals surface area contributed by atoms with Crippen LogP contribution in [0.2, 0.25) is 5.02 Å². The van der Waals surface area contributed by atoms with Gasteiger partial charge in [0.15, 0.2) is 0 Å². The summed E-state index contributed by atoms with van der Waals surface area (Å²) in [6, 6.07) is 9.27.